The molecule has 1 N–H and O–H groups in total. The third-order valence-electron chi connectivity index (χ3n) is 3.61. The first-order chi connectivity index (χ1) is 10.7. The normalized spacial score (nSPS) is 12.4. The van der Waals surface area contributed by atoms with Crippen LogP contribution in [0.5, 0.6) is 0 Å². The number of thiazole rings is 1. The number of hydrogen-bond acceptors (Lipinski definition) is 3. The first kappa shape index (κ1) is 14.5. The van der Waals surface area contributed by atoms with Crippen molar-refractivity contribution in [2.45, 2.75) is 13.8 Å². The predicted octanol–water partition coefficient (Wildman–Crippen LogP) is 3.57. The molecule has 0 aliphatic rings. The Balaban J connectivity index is 2.09. The topological polar surface area (TPSA) is 45.4 Å². The highest BCUT2D eigenvalue weighted by Gasteiger charge is 2.08. The minimum absolute atomic E-state index is 0.871. The van der Waals surface area contributed by atoms with Crippen LogP contribution in [0.25, 0.3) is 11.3 Å². The summed E-state index contributed by atoms with van der Waals surface area (Å²) in [6.45, 7) is 4.25. The van der Waals surface area contributed by atoms with E-state index in [4.69, 9.17) is 0 Å². The predicted molar refractivity (Wildman–Crippen MR) is 92.5 cm³/mol. The Morgan fingerprint density at radius 3 is 2.73 bits per heavy atom. The molecule has 3 rings (SSSR count). The Bertz CT molecular complexity index is 866. The maximum atomic E-state index is 4.59. The van der Waals surface area contributed by atoms with E-state index in [1.165, 1.54) is 11.1 Å². The fourth-order valence-electron chi connectivity index (χ4n) is 2.21. The Hall–Kier alpha value is -2.40. The van der Waals surface area contributed by atoms with Gasteiger partial charge in [0.1, 0.15) is 0 Å². The van der Waals surface area contributed by atoms with Gasteiger partial charge < -0.3 is 4.98 Å². The smallest absolute Gasteiger partial charge is 0.205 e. The van der Waals surface area contributed by atoms with Crippen molar-refractivity contribution < 1.29 is 0 Å². The van der Waals surface area contributed by atoms with Gasteiger partial charge in [-0.3, -0.25) is 4.99 Å². The second-order valence-corrected chi connectivity index (χ2v) is 5.94. The summed E-state index contributed by atoms with van der Waals surface area (Å²) in [7, 11) is 1.79. The number of aryl methyl sites for hydroxylation is 2. The monoisotopic (exact) mass is 310 g/mol. The van der Waals surface area contributed by atoms with Crippen molar-refractivity contribution in [3.05, 3.63) is 63.5 Å². The second kappa shape index (κ2) is 6.15. The lowest BCUT2D eigenvalue weighted by atomic mass is 10.1. The van der Waals surface area contributed by atoms with Gasteiger partial charge in [-0.25, -0.2) is 4.68 Å². The molecule has 0 atom stereocenters. The van der Waals surface area contributed by atoms with Crippen molar-refractivity contribution in [1.29, 1.82) is 0 Å². The lowest BCUT2D eigenvalue weighted by Gasteiger charge is -2.06. The molecular formula is C17H18N4S. The summed E-state index contributed by atoms with van der Waals surface area (Å²) in [6.07, 6.45) is 3.70. The quantitative estimate of drug-likeness (QED) is 0.719. The molecule has 0 amide bonds. The molecule has 1 aromatic carbocycles. The summed E-state index contributed by atoms with van der Waals surface area (Å²) in [5.74, 6) is 0. The summed E-state index contributed by atoms with van der Waals surface area (Å²) in [5.41, 5.74) is 5.74. The van der Waals surface area contributed by atoms with Crippen molar-refractivity contribution in [3.8, 4) is 11.3 Å². The molecule has 4 nitrogen and oxygen atoms in total. The van der Waals surface area contributed by atoms with E-state index in [1.54, 1.807) is 18.4 Å². The fraction of sp³-hybridized carbons (Fsp3) is 0.176. The summed E-state index contributed by atoms with van der Waals surface area (Å²) < 4.78 is 1.88. The lowest BCUT2D eigenvalue weighted by Crippen LogP contribution is -2.11. The van der Waals surface area contributed by atoms with Crippen LogP contribution in [0.3, 0.4) is 0 Å². The Morgan fingerprint density at radius 2 is 2.05 bits per heavy atom. The van der Waals surface area contributed by atoms with E-state index in [2.05, 4.69) is 52.5 Å². The molecule has 112 valence electrons. The molecule has 3 aromatic rings. The lowest BCUT2D eigenvalue weighted by molar-refractivity contribution is 0.847. The van der Waals surface area contributed by atoms with Gasteiger partial charge in [-0.15, -0.1) is 11.3 Å². The number of nitrogens with one attached hydrogen (secondary N) is 1. The zero-order chi connectivity index (χ0) is 15.5. The van der Waals surface area contributed by atoms with Crippen LogP contribution < -0.4 is 4.80 Å². The van der Waals surface area contributed by atoms with Crippen LogP contribution in [0.2, 0.25) is 0 Å². The van der Waals surface area contributed by atoms with E-state index in [0.717, 1.165) is 21.8 Å². The molecule has 2 aromatic heterocycles. The molecule has 0 aliphatic carbocycles. The van der Waals surface area contributed by atoms with Gasteiger partial charge >= 0.3 is 0 Å². The molecule has 5 heteroatoms. The highest BCUT2D eigenvalue weighted by atomic mass is 32.1. The van der Waals surface area contributed by atoms with E-state index in [1.807, 2.05) is 29.2 Å². The van der Waals surface area contributed by atoms with E-state index in [0.29, 0.717) is 0 Å². The molecule has 2 heterocycles. The van der Waals surface area contributed by atoms with Crippen molar-refractivity contribution in [3.63, 3.8) is 0 Å². The third-order valence-corrected chi connectivity index (χ3v) is 4.52. The van der Waals surface area contributed by atoms with E-state index < -0.39 is 0 Å². The number of aromatic nitrogens is 2. The fourth-order valence-corrected chi connectivity index (χ4v) is 3.01. The molecule has 0 unspecified atom stereocenters. The summed E-state index contributed by atoms with van der Waals surface area (Å²) >= 11 is 1.59. The summed E-state index contributed by atoms with van der Waals surface area (Å²) in [5, 5.41) is 6.68. The van der Waals surface area contributed by atoms with Gasteiger partial charge in [0, 0.05) is 24.2 Å². The first-order valence-electron chi connectivity index (χ1n) is 7.08. The Labute approximate surface area is 133 Å². The maximum Gasteiger partial charge on any atom is 0.205 e. The van der Waals surface area contributed by atoms with Gasteiger partial charge in [0.05, 0.1) is 17.6 Å². The van der Waals surface area contributed by atoms with Crippen LogP contribution in [-0.4, -0.2) is 22.9 Å². The Kier molecular flexibility index (Phi) is 4.06. The molecule has 0 radical (unpaired) electrons. The molecule has 0 saturated heterocycles. The van der Waals surface area contributed by atoms with Crippen LogP contribution in [0.1, 0.15) is 16.8 Å². The number of aromatic amines is 1. The van der Waals surface area contributed by atoms with Gasteiger partial charge in [0.15, 0.2) is 0 Å². The van der Waals surface area contributed by atoms with Crippen molar-refractivity contribution in [2.24, 2.45) is 10.1 Å². The van der Waals surface area contributed by atoms with Crippen LogP contribution in [0, 0.1) is 13.8 Å². The average Bonchev–Trinajstić information content (AvgIpc) is 3.16. The Morgan fingerprint density at radius 1 is 1.18 bits per heavy atom. The average molecular weight is 310 g/mol. The molecular weight excluding hydrogens is 292 g/mol. The van der Waals surface area contributed by atoms with Crippen LogP contribution in [0.15, 0.2) is 52.0 Å². The molecule has 0 spiro atoms. The standard InChI is InChI=1S/C17H18N4S/c1-12-6-7-14(9-13(12)2)16-11-22-17(18-3)21(16)20-10-15-5-4-8-19-15/h4-11,19H,1-3H3. The van der Waals surface area contributed by atoms with Gasteiger partial charge in [0.2, 0.25) is 4.80 Å². The summed E-state index contributed by atoms with van der Waals surface area (Å²) in [4.78, 5) is 8.31. The largest absolute Gasteiger partial charge is 0.360 e. The molecule has 0 saturated carbocycles. The zero-order valence-electron chi connectivity index (χ0n) is 12.9. The molecule has 0 bridgehead atoms. The third kappa shape index (κ3) is 2.80. The highest BCUT2D eigenvalue weighted by molar-refractivity contribution is 7.07. The molecule has 22 heavy (non-hydrogen) atoms. The SMILES string of the molecule is CN=c1scc(-c2ccc(C)c(C)c2)n1N=Cc1ccc[nH]1. The van der Waals surface area contributed by atoms with E-state index in [-0.39, 0.29) is 0 Å². The number of rotatable bonds is 3. The van der Waals surface area contributed by atoms with Gasteiger partial charge in [0.25, 0.3) is 0 Å². The van der Waals surface area contributed by atoms with Gasteiger partial charge in [-0.2, -0.15) is 5.10 Å². The van der Waals surface area contributed by atoms with Crippen LogP contribution in [0.4, 0.5) is 0 Å². The number of benzene rings is 1. The van der Waals surface area contributed by atoms with Crippen LogP contribution >= 0.6 is 11.3 Å². The van der Waals surface area contributed by atoms with Gasteiger partial charge in [-0.05, 0) is 43.2 Å². The van der Waals surface area contributed by atoms with Crippen molar-refractivity contribution in [1.82, 2.24) is 9.66 Å². The second-order valence-electron chi connectivity index (χ2n) is 5.11. The number of nitrogens with zero attached hydrogens (tertiary/aromatic N) is 3. The summed E-state index contributed by atoms with van der Waals surface area (Å²) in [6, 6.07) is 10.4. The number of hydrogen-bond donors (Lipinski definition) is 1. The van der Waals surface area contributed by atoms with Crippen molar-refractivity contribution >= 4 is 17.6 Å². The maximum absolute atomic E-state index is 4.59. The molecule has 0 aliphatic heterocycles. The van der Waals surface area contributed by atoms with E-state index in [9.17, 15) is 0 Å². The van der Waals surface area contributed by atoms with Crippen LogP contribution in [-0.2, 0) is 0 Å². The van der Waals surface area contributed by atoms with E-state index >= 15 is 0 Å². The number of H-pyrrole nitrogens is 1. The zero-order valence-corrected chi connectivity index (χ0v) is 13.7. The minimum atomic E-state index is 0.871. The highest BCUT2D eigenvalue weighted by Crippen LogP contribution is 2.22. The minimum Gasteiger partial charge on any atom is -0.360 e. The first-order valence-corrected chi connectivity index (χ1v) is 7.96. The van der Waals surface area contributed by atoms with Gasteiger partial charge in [-0.1, -0.05) is 12.1 Å². The van der Waals surface area contributed by atoms with Crippen molar-refractivity contribution in [2.75, 3.05) is 7.05 Å². The molecule has 0 fully saturated rings.